The van der Waals surface area contributed by atoms with Gasteiger partial charge < -0.3 is 18.9 Å². The van der Waals surface area contributed by atoms with Crippen LogP contribution in [-0.2, 0) is 9.53 Å². The van der Waals surface area contributed by atoms with Gasteiger partial charge in [-0.25, -0.2) is 4.79 Å². The molecule has 5 nitrogen and oxygen atoms in total. The van der Waals surface area contributed by atoms with Gasteiger partial charge in [0.2, 0.25) is 5.75 Å². The number of benzene rings is 1. The van der Waals surface area contributed by atoms with Crippen LogP contribution in [0.4, 0.5) is 0 Å². The number of carbonyl (C=O) groups excluding carboxylic acids is 1. The first-order valence-electron chi connectivity index (χ1n) is 7.81. The van der Waals surface area contributed by atoms with Gasteiger partial charge in [0, 0.05) is 6.08 Å². The minimum Gasteiger partial charge on any atom is -0.493 e. The summed E-state index contributed by atoms with van der Waals surface area (Å²) in [6.07, 6.45) is 7.51. The van der Waals surface area contributed by atoms with Crippen molar-refractivity contribution in [3.8, 4) is 17.2 Å². The summed E-state index contributed by atoms with van der Waals surface area (Å²) in [5.41, 5.74) is 0.766. The van der Waals surface area contributed by atoms with Gasteiger partial charge in [0.1, 0.15) is 0 Å². The van der Waals surface area contributed by atoms with Gasteiger partial charge >= 0.3 is 5.97 Å². The molecule has 0 N–H and O–H groups in total. The molecule has 1 aromatic rings. The van der Waals surface area contributed by atoms with Crippen LogP contribution in [0, 0.1) is 0 Å². The third kappa shape index (κ3) is 6.22. The molecule has 0 heterocycles. The highest BCUT2D eigenvalue weighted by molar-refractivity contribution is 5.87. The van der Waals surface area contributed by atoms with Gasteiger partial charge in [0.15, 0.2) is 11.5 Å². The summed E-state index contributed by atoms with van der Waals surface area (Å²) in [5, 5.41) is 0. The number of ether oxygens (including phenoxy) is 4. The Morgan fingerprint density at radius 3 is 2.22 bits per heavy atom. The maximum absolute atomic E-state index is 11.2. The number of methoxy groups -OCH3 is 3. The van der Waals surface area contributed by atoms with E-state index in [0.717, 1.165) is 18.4 Å². The second-order valence-electron chi connectivity index (χ2n) is 5.02. The van der Waals surface area contributed by atoms with E-state index in [4.69, 9.17) is 14.2 Å². The molecule has 1 rings (SSSR count). The monoisotopic (exact) mass is 322 g/mol. The van der Waals surface area contributed by atoms with Crippen LogP contribution in [0.5, 0.6) is 17.2 Å². The highest BCUT2D eigenvalue weighted by atomic mass is 16.5. The van der Waals surface area contributed by atoms with Gasteiger partial charge in [0.05, 0.1) is 27.9 Å². The van der Waals surface area contributed by atoms with E-state index in [0.29, 0.717) is 23.9 Å². The van der Waals surface area contributed by atoms with E-state index < -0.39 is 5.97 Å². The average molecular weight is 322 g/mol. The van der Waals surface area contributed by atoms with Crippen LogP contribution in [0.25, 0.3) is 6.08 Å². The fourth-order valence-electron chi connectivity index (χ4n) is 2.07. The minimum atomic E-state index is -0.417. The number of esters is 1. The lowest BCUT2D eigenvalue weighted by Crippen LogP contribution is -2.02. The number of carbonyl (C=O) groups is 1. The third-order valence-corrected chi connectivity index (χ3v) is 3.34. The van der Waals surface area contributed by atoms with Crippen LogP contribution in [0.3, 0.4) is 0 Å². The molecule has 128 valence electrons. The summed E-state index contributed by atoms with van der Waals surface area (Å²) in [5.74, 6) is 1.31. The number of hydrogen-bond donors (Lipinski definition) is 0. The Balaban J connectivity index is 2.88. The summed E-state index contributed by atoms with van der Waals surface area (Å²) in [6, 6.07) is 3.59. The zero-order valence-electron chi connectivity index (χ0n) is 14.4. The molecule has 0 aliphatic heterocycles. The number of hydrogen-bond acceptors (Lipinski definition) is 5. The highest BCUT2D eigenvalue weighted by Gasteiger charge is 2.13. The lowest BCUT2D eigenvalue weighted by molar-refractivity contribution is -0.134. The van der Waals surface area contributed by atoms with E-state index in [1.807, 2.05) is 0 Å². The van der Waals surface area contributed by atoms with Gasteiger partial charge in [-0.3, -0.25) is 0 Å². The van der Waals surface area contributed by atoms with Crippen molar-refractivity contribution in [2.45, 2.75) is 32.6 Å². The minimum absolute atomic E-state index is 0.417. The Morgan fingerprint density at radius 1 is 1.04 bits per heavy atom. The fraction of sp³-hybridized carbons (Fsp3) is 0.500. The standard InChI is InChI=1S/C18H26O5/c1-5-6-7-8-11-23-18-15(20-2)12-14(13-16(18)21-3)9-10-17(19)22-4/h9-10,12-13H,5-8,11H2,1-4H3/b10-9+. The Kier molecular flexibility index (Phi) is 8.65. The Bertz CT molecular complexity index is 497. The van der Waals surface area contributed by atoms with E-state index in [1.54, 1.807) is 32.4 Å². The lowest BCUT2D eigenvalue weighted by Gasteiger charge is -2.15. The first-order valence-corrected chi connectivity index (χ1v) is 7.81. The predicted octanol–water partition coefficient (Wildman–Crippen LogP) is 3.85. The first kappa shape index (κ1) is 18.9. The van der Waals surface area contributed by atoms with E-state index in [1.165, 1.54) is 26.0 Å². The van der Waals surface area contributed by atoms with Gasteiger partial charge in [-0.2, -0.15) is 0 Å². The van der Waals surface area contributed by atoms with Gasteiger partial charge in [0.25, 0.3) is 0 Å². The van der Waals surface area contributed by atoms with Crippen molar-refractivity contribution < 1.29 is 23.7 Å². The molecule has 0 saturated heterocycles. The van der Waals surface area contributed by atoms with Crippen LogP contribution in [0.1, 0.15) is 38.2 Å². The molecular formula is C18H26O5. The smallest absolute Gasteiger partial charge is 0.330 e. The van der Waals surface area contributed by atoms with Crippen LogP contribution >= 0.6 is 0 Å². The van der Waals surface area contributed by atoms with Crippen molar-refractivity contribution in [1.29, 1.82) is 0 Å². The molecule has 0 radical (unpaired) electrons. The molecule has 0 atom stereocenters. The normalized spacial score (nSPS) is 10.6. The maximum atomic E-state index is 11.2. The van der Waals surface area contributed by atoms with E-state index in [2.05, 4.69) is 11.7 Å². The summed E-state index contributed by atoms with van der Waals surface area (Å²) >= 11 is 0. The quantitative estimate of drug-likeness (QED) is 0.372. The molecule has 0 saturated carbocycles. The summed E-state index contributed by atoms with van der Waals surface area (Å²) in [6.45, 7) is 2.79. The highest BCUT2D eigenvalue weighted by Crippen LogP contribution is 2.39. The Labute approximate surface area is 138 Å². The second kappa shape index (κ2) is 10.5. The molecule has 23 heavy (non-hydrogen) atoms. The molecular weight excluding hydrogens is 296 g/mol. The number of rotatable bonds is 10. The number of unbranched alkanes of at least 4 members (excludes halogenated alkanes) is 3. The molecule has 1 aromatic carbocycles. The van der Waals surface area contributed by atoms with Gasteiger partial charge in [-0.05, 0) is 30.2 Å². The van der Waals surface area contributed by atoms with Crippen molar-refractivity contribution in [1.82, 2.24) is 0 Å². The van der Waals surface area contributed by atoms with Crippen molar-refractivity contribution in [2.75, 3.05) is 27.9 Å². The van der Waals surface area contributed by atoms with Crippen LogP contribution in [-0.4, -0.2) is 33.9 Å². The molecule has 0 spiro atoms. The van der Waals surface area contributed by atoms with Crippen LogP contribution in [0.15, 0.2) is 18.2 Å². The lowest BCUT2D eigenvalue weighted by atomic mass is 10.1. The molecule has 0 bridgehead atoms. The topological polar surface area (TPSA) is 54.0 Å². The van der Waals surface area contributed by atoms with Crippen molar-refractivity contribution in [3.05, 3.63) is 23.8 Å². The van der Waals surface area contributed by atoms with Crippen LogP contribution < -0.4 is 14.2 Å². The Morgan fingerprint density at radius 2 is 1.70 bits per heavy atom. The molecule has 0 fully saturated rings. The first-order chi connectivity index (χ1) is 11.2. The predicted molar refractivity (Wildman–Crippen MR) is 90.2 cm³/mol. The van der Waals surface area contributed by atoms with Crippen LogP contribution in [0.2, 0.25) is 0 Å². The maximum Gasteiger partial charge on any atom is 0.330 e. The zero-order chi connectivity index (χ0) is 17.1. The van der Waals surface area contributed by atoms with Crippen molar-refractivity contribution in [3.63, 3.8) is 0 Å². The molecule has 0 amide bonds. The Hall–Kier alpha value is -2.17. The summed E-state index contributed by atoms with van der Waals surface area (Å²) in [4.78, 5) is 11.2. The SMILES string of the molecule is CCCCCCOc1c(OC)cc(/C=C/C(=O)OC)cc1OC. The third-order valence-electron chi connectivity index (χ3n) is 3.34. The van der Waals surface area contributed by atoms with Crippen molar-refractivity contribution >= 4 is 12.0 Å². The van der Waals surface area contributed by atoms with E-state index in [9.17, 15) is 4.79 Å². The van der Waals surface area contributed by atoms with E-state index >= 15 is 0 Å². The van der Waals surface area contributed by atoms with Gasteiger partial charge in [-0.1, -0.05) is 26.2 Å². The largest absolute Gasteiger partial charge is 0.493 e. The zero-order valence-corrected chi connectivity index (χ0v) is 14.4. The average Bonchev–Trinajstić information content (AvgIpc) is 2.59. The van der Waals surface area contributed by atoms with Crippen molar-refractivity contribution in [2.24, 2.45) is 0 Å². The van der Waals surface area contributed by atoms with E-state index in [-0.39, 0.29) is 0 Å². The molecule has 0 aliphatic carbocycles. The molecule has 0 aliphatic rings. The second-order valence-corrected chi connectivity index (χ2v) is 5.02. The van der Waals surface area contributed by atoms with Gasteiger partial charge in [-0.15, -0.1) is 0 Å². The summed E-state index contributed by atoms with van der Waals surface area (Å²) in [7, 11) is 4.49. The summed E-state index contributed by atoms with van der Waals surface area (Å²) < 4.78 is 21.2. The molecule has 0 unspecified atom stereocenters. The fourth-order valence-corrected chi connectivity index (χ4v) is 2.07. The molecule has 0 aromatic heterocycles. The molecule has 5 heteroatoms.